The number of aryl methyl sites for hydroxylation is 2. The maximum absolute atomic E-state index is 12.6. The number of aromatic nitrogens is 3. The van der Waals surface area contributed by atoms with Crippen molar-refractivity contribution in [1.29, 1.82) is 0 Å². The van der Waals surface area contributed by atoms with Gasteiger partial charge in [0.05, 0.1) is 18.9 Å². The van der Waals surface area contributed by atoms with Gasteiger partial charge in [0, 0.05) is 6.54 Å². The molecule has 0 amide bonds. The van der Waals surface area contributed by atoms with Crippen molar-refractivity contribution in [2.45, 2.75) is 33.1 Å². The van der Waals surface area contributed by atoms with E-state index < -0.39 is 0 Å². The van der Waals surface area contributed by atoms with Gasteiger partial charge in [-0.3, -0.25) is 4.57 Å². The van der Waals surface area contributed by atoms with Crippen LogP contribution in [0.4, 0.5) is 5.95 Å². The molecule has 0 aliphatic rings. The van der Waals surface area contributed by atoms with Crippen molar-refractivity contribution < 1.29 is 4.74 Å². The molecule has 0 saturated heterocycles. The molecule has 0 atom stereocenters. The fourth-order valence-corrected chi connectivity index (χ4v) is 3.27. The normalized spacial score (nSPS) is 10.8. The Morgan fingerprint density at radius 1 is 0.966 bits per heavy atom. The number of hydrogen-bond donors (Lipinski definition) is 1. The van der Waals surface area contributed by atoms with Crippen LogP contribution in [-0.4, -0.2) is 34.3 Å². The molecule has 29 heavy (non-hydrogen) atoms. The van der Waals surface area contributed by atoms with Crippen LogP contribution in [-0.2, 0) is 24.0 Å². The molecule has 1 aromatic heterocycles. The zero-order valence-electron chi connectivity index (χ0n) is 17.1. The molecule has 6 nitrogen and oxygen atoms in total. The van der Waals surface area contributed by atoms with Gasteiger partial charge in [0.1, 0.15) is 6.33 Å². The van der Waals surface area contributed by atoms with Crippen LogP contribution in [0.3, 0.4) is 0 Å². The monoisotopic (exact) mass is 392 g/mol. The van der Waals surface area contributed by atoms with Gasteiger partial charge in [-0.05, 0) is 36.0 Å². The second-order valence-corrected chi connectivity index (χ2v) is 6.74. The van der Waals surface area contributed by atoms with Crippen molar-refractivity contribution >= 4 is 5.95 Å². The second-order valence-electron chi connectivity index (χ2n) is 6.74. The van der Waals surface area contributed by atoms with Gasteiger partial charge in [-0.15, -0.1) is 0 Å². The lowest BCUT2D eigenvalue weighted by atomic mass is 10.0. The zero-order valence-corrected chi connectivity index (χ0v) is 17.1. The number of rotatable bonds is 10. The Hall–Kier alpha value is -2.99. The van der Waals surface area contributed by atoms with Crippen LogP contribution in [0.15, 0.2) is 59.7 Å². The Balaban J connectivity index is 1.56. The summed E-state index contributed by atoms with van der Waals surface area (Å²) < 4.78 is 7.18. The van der Waals surface area contributed by atoms with E-state index in [0.717, 1.165) is 36.1 Å². The molecule has 0 fully saturated rings. The highest BCUT2D eigenvalue weighted by Gasteiger charge is 2.11. The maximum Gasteiger partial charge on any atom is 0.356 e. The summed E-state index contributed by atoms with van der Waals surface area (Å²) in [4.78, 5) is 21.0. The number of anilines is 1. The minimum Gasteiger partial charge on any atom is -0.379 e. The van der Waals surface area contributed by atoms with Gasteiger partial charge in [-0.25, -0.2) is 9.78 Å². The molecule has 152 valence electrons. The van der Waals surface area contributed by atoms with Crippen molar-refractivity contribution in [3.05, 3.63) is 82.0 Å². The molecule has 3 aromatic rings. The van der Waals surface area contributed by atoms with Crippen molar-refractivity contribution in [2.75, 3.05) is 25.1 Å². The summed E-state index contributed by atoms with van der Waals surface area (Å²) in [5.74, 6) is 0.324. The molecule has 1 heterocycles. The van der Waals surface area contributed by atoms with Crippen molar-refractivity contribution in [1.82, 2.24) is 14.5 Å². The van der Waals surface area contributed by atoms with Gasteiger partial charge in [0.25, 0.3) is 0 Å². The third kappa shape index (κ3) is 5.51. The first-order valence-corrected chi connectivity index (χ1v) is 10.1. The molecule has 3 rings (SSSR count). The molecule has 1 N–H and O–H groups in total. The first-order valence-electron chi connectivity index (χ1n) is 10.1. The average Bonchev–Trinajstić information content (AvgIpc) is 2.76. The van der Waals surface area contributed by atoms with E-state index in [-0.39, 0.29) is 5.69 Å². The topological polar surface area (TPSA) is 69.0 Å². The molecular formula is C23H28N4O2. The van der Waals surface area contributed by atoms with Crippen molar-refractivity contribution in [3.63, 3.8) is 0 Å². The highest BCUT2D eigenvalue weighted by Crippen LogP contribution is 2.19. The molecule has 0 spiro atoms. The van der Waals surface area contributed by atoms with Gasteiger partial charge < -0.3 is 10.1 Å². The van der Waals surface area contributed by atoms with E-state index >= 15 is 0 Å². The zero-order chi connectivity index (χ0) is 20.5. The van der Waals surface area contributed by atoms with E-state index in [1.165, 1.54) is 5.56 Å². The Bertz CT molecular complexity index is 948. The Kier molecular flexibility index (Phi) is 7.53. The summed E-state index contributed by atoms with van der Waals surface area (Å²) >= 11 is 0. The predicted octanol–water partition coefficient (Wildman–Crippen LogP) is 3.42. The quantitative estimate of drug-likeness (QED) is 0.536. The molecule has 0 radical (unpaired) electrons. The van der Waals surface area contributed by atoms with Crippen LogP contribution in [0.1, 0.15) is 30.5 Å². The first kappa shape index (κ1) is 20.7. The standard InChI is InChI=1S/C23H28N4O2/c1-3-19-11-8-12-20(4-2)21(19)27-17-25-22(26-23(27)28)24-14-16-29-15-13-18-9-6-5-7-10-18/h5-12,17H,3-4,13-16H2,1-2H3,(H,24,26,28). The van der Waals surface area contributed by atoms with Gasteiger partial charge >= 0.3 is 5.69 Å². The minimum absolute atomic E-state index is 0.324. The fourth-order valence-electron chi connectivity index (χ4n) is 3.27. The number of hydrogen-bond acceptors (Lipinski definition) is 5. The van der Waals surface area contributed by atoms with E-state index in [1.54, 1.807) is 10.9 Å². The summed E-state index contributed by atoms with van der Waals surface area (Å²) in [5, 5.41) is 3.06. The third-order valence-electron chi connectivity index (χ3n) is 4.82. The Morgan fingerprint density at radius 3 is 2.34 bits per heavy atom. The smallest absolute Gasteiger partial charge is 0.356 e. The van der Waals surface area contributed by atoms with E-state index in [1.807, 2.05) is 36.4 Å². The molecule has 0 aliphatic heterocycles. The summed E-state index contributed by atoms with van der Waals surface area (Å²) in [5.41, 5.74) is 4.05. The SMILES string of the molecule is CCc1cccc(CC)c1-n1cnc(NCCOCCc2ccccc2)nc1=O. The van der Waals surface area contributed by atoms with E-state index in [4.69, 9.17) is 4.74 Å². The van der Waals surface area contributed by atoms with Gasteiger partial charge in [-0.1, -0.05) is 62.4 Å². The predicted molar refractivity (Wildman–Crippen MR) is 116 cm³/mol. The number of para-hydroxylation sites is 1. The number of nitrogens with one attached hydrogen (secondary N) is 1. The molecule has 0 aliphatic carbocycles. The average molecular weight is 393 g/mol. The molecule has 0 saturated carbocycles. The maximum atomic E-state index is 12.6. The summed E-state index contributed by atoms with van der Waals surface area (Å²) in [7, 11) is 0. The molecule has 0 bridgehead atoms. The first-order chi connectivity index (χ1) is 14.2. The highest BCUT2D eigenvalue weighted by molar-refractivity contribution is 5.48. The van der Waals surface area contributed by atoms with Gasteiger partial charge in [0.15, 0.2) is 0 Å². The Morgan fingerprint density at radius 2 is 1.69 bits per heavy atom. The molecule has 2 aromatic carbocycles. The van der Waals surface area contributed by atoms with Crippen LogP contribution in [0.25, 0.3) is 5.69 Å². The number of benzene rings is 2. The van der Waals surface area contributed by atoms with E-state index in [2.05, 4.69) is 41.3 Å². The molecular weight excluding hydrogens is 364 g/mol. The largest absolute Gasteiger partial charge is 0.379 e. The lowest BCUT2D eigenvalue weighted by Gasteiger charge is -2.14. The number of nitrogens with zero attached hydrogens (tertiary/aromatic N) is 3. The molecule has 0 unspecified atom stereocenters. The third-order valence-corrected chi connectivity index (χ3v) is 4.82. The van der Waals surface area contributed by atoms with Crippen LogP contribution in [0.5, 0.6) is 0 Å². The lowest BCUT2D eigenvalue weighted by Crippen LogP contribution is -2.26. The lowest BCUT2D eigenvalue weighted by molar-refractivity contribution is 0.147. The van der Waals surface area contributed by atoms with Crippen LogP contribution >= 0.6 is 0 Å². The van der Waals surface area contributed by atoms with E-state index in [0.29, 0.717) is 25.7 Å². The Labute approximate surface area is 171 Å². The van der Waals surface area contributed by atoms with Crippen LogP contribution in [0, 0.1) is 0 Å². The summed E-state index contributed by atoms with van der Waals surface area (Å²) in [6, 6.07) is 16.3. The highest BCUT2D eigenvalue weighted by atomic mass is 16.5. The van der Waals surface area contributed by atoms with Gasteiger partial charge in [-0.2, -0.15) is 4.98 Å². The van der Waals surface area contributed by atoms with Crippen molar-refractivity contribution in [2.24, 2.45) is 0 Å². The van der Waals surface area contributed by atoms with Crippen LogP contribution < -0.4 is 11.0 Å². The fraction of sp³-hybridized carbons (Fsp3) is 0.348. The second kappa shape index (κ2) is 10.5. The van der Waals surface area contributed by atoms with Crippen LogP contribution in [0.2, 0.25) is 0 Å². The summed E-state index contributed by atoms with van der Waals surface area (Å²) in [6.45, 7) is 5.89. The van der Waals surface area contributed by atoms with Crippen molar-refractivity contribution in [3.8, 4) is 5.69 Å². The molecule has 6 heteroatoms. The number of ether oxygens (including phenoxy) is 1. The van der Waals surface area contributed by atoms with E-state index in [9.17, 15) is 4.79 Å². The van der Waals surface area contributed by atoms with Gasteiger partial charge in [0.2, 0.25) is 5.95 Å². The summed E-state index contributed by atoms with van der Waals surface area (Å²) in [6.07, 6.45) is 4.12. The minimum atomic E-state index is -0.330.